The Labute approximate surface area is 206 Å². The molecule has 0 amide bonds. The second-order valence-corrected chi connectivity index (χ2v) is 10.8. The van der Waals surface area contributed by atoms with Gasteiger partial charge in [0, 0.05) is 15.7 Å². The van der Waals surface area contributed by atoms with E-state index in [2.05, 4.69) is 60.7 Å². The van der Waals surface area contributed by atoms with Gasteiger partial charge in [0.1, 0.15) is 11.5 Å². The number of ether oxygens (including phenoxy) is 1. The monoisotopic (exact) mass is 466 g/mol. The summed E-state index contributed by atoms with van der Waals surface area (Å²) < 4.78 is 5.78. The molecule has 6 rings (SSSR count). The number of benzene rings is 4. The first kappa shape index (κ1) is 21.6. The second kappa shape index (κ2) is 8.70. The van der Waals surface area contributed by atoms with Crippen molar-refractivity contribution in [1.82, 2.24) is 0 Å². The summed E-state index contributed by atoms with van der Waals surface area (Å²) in [7, 11) is 1.71. The summed E-state index contributed by atoms with van der Waals surface area (Å²) in [6, 6.07) is 25.7. The first-order chi connectivity index (χ1) is 16.7. The number of hydrogen-bond acceptors (Lipinski definition) is 3. The molecule has 2 aliphatic carbocycles. The quantitative estimate of drug-likeness (QED) is 0.327. The molecule has 4 aromatic rings. The van der Waals surface area contributed by atoms with Crippen molar-refractivity contribution >= 4 is 22.5 Å². The van der Waals surface area contributed by atoms with Gasteiger partial charge in [-0.1, -0.05) is 86.3 Å². The molecule has 0 heterocycles. The first-order valence-electron chi connectivity index (χ1n) is 12.4. The maximum atomic E-state index is 11.3. The van der Waals surface area contributed by atoms with Crippen LogP contribution in [0.15, 0.2) is 82.6 Å². The molecule has 1 spiro atoms. The van der Waals surface area contributed by atoms with Gasteiger partial charge in [-0.25, -0.2) is 0 Å². The van der Waals surface area contributed by atoms with Crippen LogP contribution in [0.2, 0.25) is 0 Å². The molecule has 1 N–H and O–H groups in total. The molecule has 0 radical (unpaired) electrons. The number of fused-ring (bicyclic) bond motifs is 7. The minimum atomic E-state index is 0.00464. The molecule has 2 aliphatic rings. The Morgan fingerprint density at radius 3 is 2.24 bits per heavy atom. The van der Waals surface area contributed by atoms with Crippen molar-refractivity contribution in [3.05, 3.63) is 83.9 Å². The zero-order valence-corrected chi connectivity index (χ0v) is 20.5. The van der Waals surface area contributed by atoms with Gasteiger partial charge >= 0.3 is 0 Å². The van der Waals surface area contributed by atoms with Gasteiger partial charge in [-0.3, -0.25) is 0 Å². The van der Waals surface area contributed by atoms with Gasteiger partial charge in [-0.05, 0) is 70.8 Å². The van der Waals surface area contributed by atoms with Crippen molar-refractivity contribution in [2.24, 2.45) is 0 Å². The maximum Gasteiger partial charge on any atom is 0.133 e. The van der Waals surface area contributed by atoms with Crippen LogP contribution in [0.1, 0.15) is 56.1 Å². The summed E-state index contributed by atoms with van der Waals surface area (Å²) in [4.78, 5) is 2.25. The number of methoxy groups -OCH3 is 1. The summed E-state index contributed by atoms with van der Waals surface area (Å²) in [6.07, 6.45) is 8.73. The summed E-state index contributed by atoms with van der Waals surface area (Å²) >= 11 is 1.71. The maximum absolute atomic E-state index is 11.3. The van der Waals surface area contributed by atoms with E-state index in [0.717, 1.165) is 34.3 Å². The van der Waals surface area contributed by atoms with Crippen molar-refractivity contribution in [3.8, 4) is 22.6 Å². The molecule has 0 saturated heterocycles. The van der Waals surface area contributed by atoms with E-state index in [-0.39, 0.29) is 5.41 Å². The van der Waals surface area contributed by atoms with Crippen LogP contribution >= 0.6 is 11.8 Å². The highest BCUT2D eigenvalue weighted by Gasteiger charge is 2.43. The molecular formula is C31H30O2S. The lowest BCUT2D eigenvalue weighted by Gasteiger charge is -2.34. The molecule has 1 saturated carbocycles. The minimum absolute atomic E-state index is 0.00464. The Kier molecular flexibility index (Phi) is 5.53. The van der Waals surface area contributed by atoms with E-state index >= 15 is 0 Å². The van der Waals surface area contributed by atoms with Gasteiger partial charge in [0.2, 0.25) is 0 Å². The summed E-state index contributed by atoms with van der Waals surface area (Å²) in [5.74, 6) is 1.15. The first-order valence-corrected chi connectivity index (χ1v) is 13.2. The standard InChI is InChI=1S/C31H30O2S/c1-33-28-18-23-24(19-29(28)34-21-12-6-5-7-13-21)30-22-14-8-9-15-25(22)31(26(30)20-27(23)32)16-10-3-2-4-11-17-31/h5-9,12-15,18-20,32H,2-4,10-11,16-17H2,1H3. The van der Waals surface area contributed by atoms with Crippen LogP contribution in [0, 0.1) is 0 Å². The van der Waals surface area contributed by atoms with E-state index in [1.807, 2.05) is 12.1 Å². The van der Waals surface area contributed by atoms with Crippen LogP contribution in [-0.4, -0.2) is 12.2 Å². The normalized spacial score (nSPS) is 16.6. The van der Waals surface area contributed by atoms with Gasteiger partial charge in [-0.2, -0.15) is 0 Å². The zero-order chi connectivity index (χ0) is 23.1. The Morgan fingerprint density at radius 2 is 1.47 bits per heavy atom. The Balaban J connectivity index is 1.62. The van der Waals surface area contributed by atoms with E-state index in [4.69, 9.17) is 4.74 Å². The van der Waals surface area contributed by atoms with Crippen LogP contribution in [-0.2, 0) is 5.41 Å². The average Bonchev–Trinajstić information content (AvgIpc) is 3.12. The molecule has 0 aromatic heterocycles. The molecule has 0 bridgehead atoms. The van der Waals surface area contributed by atoms with Gasteiger partial charge in [0.05, 0.1) is 12.0 Å². The van der Waals surface area contributed by atoms with Crippen LogP contribution in [0.4, 0.5) is 0 Å². The largest absolute Gasteiger partial charge is 0.507 e. The summed E-state index contributed by atoms with van der Waals surface area (Å²) in [5, 5.41) is 13.3. The SMILES string of the molecule is COc1cc2c(O)cc3c(c2cc1Sc1ccccc1)-c1ccccc1C31CCCCCCC1. The summed E-state index contributed by atoms with van der Waals surface area (Å²) in [5.41, 5.74) is 5.42. The highest BCUT2D eigenvalue weighted by atomic mass is 32.2. The van der Waals surface area contributed by atoms with E-state index in [9.17, 15) is 5.11 Å². The third-order valence-electron chi connectivity index (χ3n) is 7.81. The predicted octanol–water partition coefficient (Wildman–Crippen LogP) is 8.72. The predicted molar refractivity (Wildman–Crippen MR) is 141 cm³/mol. The summed E-state index contributed by atoms with van der Waals surface area (Å²) in [6.45, 7) is 0. The molecule has 4 aromatic carbocycles. The van der Waals surface area contributed by atoms with Crippen molar-refractivity contribution < 1.29 is 9.84 Å². The van der Waals surface area contributed by atoms with Crippen molar-refractivity contribution in [2.75, 3.05) is 7.11 Å². The van der Waals surface area contributed by atoms with E-state index in [1.165, 1.54) is 59.3 Å². The molecule has 1 fully saturated rings. The van der Waals surface area contributed by atoms with Crippen LogP contribution in [0.3, 0.4) is 0 Å². The molecule has 34 heavy (non-hydrogen) atoms. The van der Waals surface area contributed by atoms with Crippen LogP contribution < -0.4 is 4.74 Å². The van der Waals surface area contributed by atoms with E-state index < -0.39 is 0 Å². The third kappa shape index (κ3) is 3.41. The molecule has 172 valence electrons. The molecule has 0 atom stereocenters. The van der Waals surface area contributed by atoms with Crippen LogP contribution in [0.5, 0.6) is 11.5 Å². The average molecular weight is 467 g/mol. The Hall–Kier alpha value is -2.91. The fourth-order valence-corrected chi connectivity index (χ4v) is 7.21. The van der Waals surface area contributed by atoms with Gasteiger partial charge in [0.15, 0.2) is 0 Å². The highest BCUT2D eigenvalue weighted by molar-refractivity contribution is 7.99. The minimum Gasteiger partial charge on any atom is -0.507 e. The van der Waals surface area contributed by atoms with Gasteiger partial charge < -0.3 is 9.84 Å². The lowest BCUT2D eigenvalue weighted by atomic mass is 9.69. The van der Waals surface area contributed by atoms with Crippen molar-refractivity contribution in [3.63, 3.8) is 0 Å². The van der Waals surface area contributed by atoms with Gasteiger partial charge in [-0.15, -0.1) is 0 Å². The smallest absolute Gasteiger partial charge is 0.133 e. The van der Waals surface area contributed by atoms with Crippen LogP contribution in [0.25, 0.3) is 21.9 Å². The number of hydrogen-bond donors (Lipinski definition) is 1. The fraction of sp³-hybridized carbons (Fsp3) is 0.290. The molecule has 0 aliphatic heterocycles. The lowest BCUT2D eigenvalue weighted by Crippen LogP contribution is -2.26. The van der Waals surface area contributed by atoms with Crippen molar-refractivity contribution in [2.45, 2.75) is 60.2 Å². The lowest BCUT2D eigenvalue weighted by molar-refractivity contribution is 0.372. The van der Waals surface area contributed by atoms with Gasteiger partial charge in [0.25, 0.3) is 0 Å². The zero-order valence-electron chi connectivity index (χ0n) is 19.6. The molecular weight excluding hydrogens is 436 g/mol. The molecule has 3 heteroatoms. The topological polar surface area (TPSA) is 29.5 Å². The van der Waals surface area contributed by atoms with Crippen molar-refractivity contribution in [1.29, 1.82) is 0 Å². The Bertz CT molecular complexity index is 1350. The molecule has 0 unspecified atom stereocenters. The number of phenolic OH excluding ortho intramolecular Hbond substituents is 1. The highest BCUT2D eigenvalue weighted by Crippen LogP contribution is 2.58. The number of phenols is 1. The Morgan fingerprint density at radius 1 is 0.765 bits per heavy atom. The number of aromatic hydroxyl groups is 1. The van der Waals surface area contributed by atoms with E-state index in [1.54, 1.807) is 18.9 Å². The second-order valence-electron chi connectivity index (χ2n) is 9.68. The van der Waals surface area contributed by atoms with E-state index in [0.29, 0.717) is 5.75 Å². The fourth-order valence-electron chi connectivity index (χ4n) is 6.24. The molecule has 2 nitrogen and oxygen atoms in total. The number of rotatable bonds is 3. The third-order valence-corrected chi connectivity index (χ3v) is 8.85.